The molecule has 1 fully saturated rings. The Morgan fingerprint density at radius 2 is 2.20 bits per heavy atom. The Morgan fingerprint density at radius 3 is 3.00 bits per heavy atom. The van der Waals surface area contributed by atoms with E-state index in [1.165, 1.54) is 24.6 Å². The van der Waals surface area contributed by atoms with Crippen LogP contribution in [-0.4, -0.2) is 37.9 Å². The van der Waals surface area contributed by atoms with E-state index in [0.717, 1.165) is 17.7 Å². The fraction of sp³-hybridized carbons (Fsp3) is 0.556. The van der Waals surface area contributed by atoms with Crippen molar-refractivity contribution in [3.05, 3.63) is 29.8 Å². The standard InChI is InChI=1S/C18H25N5OS/c1-12-6-4-8-15(10-12)23-18(20-21-22-23)25-11-17(24)19-16-9-5-7-13(2)14(16)3/h4,6,8,10,13-14,16H,5,7,9,11H2,1-3H3,(H,19,24)/t13-,14-,16+/m0/s1. The molecule has 0 spiro atoms. The number of thioether (sulfide) groups is 1. The number of benzene rings is 1. The molecule has 3 rings (SSSR count). The lowest BCUT2D eigenvalue weighted by Gasteiger charge is -2.34. The number of carbonyl (C=O) groups is 1. The summed E-state index contributed by atoms with van der Waals surface area (Å²) in [6.07, 6.45) is 3.52. The summed E-state index contributed by atoms with van der Waals surface area (Å²) in [5.74, 6) is 1.57. The van der Waals surface area contributed by atoms with Crippen molar-refractivity contribution in [3.63, 3.8) is 0 Å². The summed E-state index contributed by atoms with van der Waals surface area (Å²) in [6.45, 7) is 6.54. The molecule has 2 aromatic rings. The van der Waals surface area contributed by atoms with E-state index in [-0.39, 0.29) is 11.9 Å². The van der Waals surface area contributed by atoms with Crippen LogP contribution in [0.25, 0.3) is 5.69 Å². The minimum absolute atomic E-state index is 0.0507. The number of carbonyl (C=O) groups excluding carboxylic acids is 1. The lowest BCUT2D eigenvalue weighted by Crippen LogP contribution is -2.44. The highest BCUT2D eigenvalue weighted by Gasteiger charge is 2.28. The zero-order valence-electron chi connectivity index (χ0n) is 15.0. The van der Waals surface area contributed by atoms with E-state index < -0.39 is 0 Å². The molecule has 0 aliphatic heterocycles. The average Bonchev–Trinajstić information content (AvgIpc) is 3.06. The number of tetrazole rings is 1. The van der Waals surface area contributed by atoms with Crippen molar-refractivity contribution >= 4 is 17.7 Å². The van der Waals surface area contributed by atoms with E-state index in [1.807, 2.05) is 31.2 Å². The summed E-state index contributed by atoms with van der Waals surface area (Å²) >= 11 is 1.37. The smallest absolute Gasteiger partial charge is 0.230 e. The molecule has 1 aromatic carbocycles. The molecule has 1 aromatic heterocycles. The summed E-state index contributed by atoms with van der Waals surface area (Å²) in [4.78, 5) is 12.4. The van der Waals surface area contributed by atoms with Gasteiger partial charge in [-0.05, 0) is 53.3 Å². The molecule has 0 unspecified atom stereocenters. The third-order valence-corrected chi connectivity index (χ3v) is 5.99. The molecule has 0 bridgehead atoms. The number of aromatic nitrogens is 4. The fourth-order valence-electron chi connectivity index (χ4n) is 3.35. The van der Waals surface area contributed by atoms with Gasteiger partial charge in [0.1, 0.15) is 0 Å². The molecule has 1 heterocycles. The predicted octanol–water partition coefficient (Wildman–Crippen LogP) is 3.00. The second-order valence-corrected chi connectivity index (χ2v) is 7.88. The summed E-state index contributed by atoms with van der Waals surface area (Å²) in [5.41, 5.74) is 2.05. The number of hydrogen-bond donors (Lipinski definition) is 1. The van der Waals surface area contributed by atoms with E-state index in [4.69, 9.17) is 0 Å². The first kappa shape index (κ1) is 17.9. The Kier molecular flexibility index (Phi) is 5.73. The van der Waals surface area contributed by atoms with Crippen molar-refractivity contribution in [1.82, 2.24) is 25.5 Å². The van der Waals surface area contributed by atoms with Crippen LogP contribution in [0, 0.1) is 18.8 Å². The fourth-order valence-corrected chi connectivity index (χ4v) is 4.06. The number of aryl methyl sites for hydroxylation is 1. The van der Waals surface area contributed by atoms with Crippen molar-refractivity contribution in [2.45, 2.75) is 51.2 Å². The van der Waals surface area contributed by atoms with Gasteiger partial charge in [0, 0.05) is 6.04 Å². The van der Waals surface area contributed by atoms with Gasteiger partial charge >= 0.3 is 0 Å². The number of hydrogen-bond acceptors (Lipinski definition) is 5. The van der Waals surface area contributed by atoms with Gasteiger partial charge in [-0.3, -0.25) is 4.79 Å². The van der Waals surface area contributed by atoms with E-state index in [0.29, 0.717) is 22.7 Å². The summed E-state index contributed by atoms with van der Waals surface area (Å²) < 4.78 is 1.68. The highest BCUT2D eigenvalue weighted by molar-refractivity contribution is 7.99. The quantitative estimate of drug-likeness (QED) is 0.831. The summed E-state index contributed by atoms with van der Waals surface area (Å²) in [6, 6.07) is 8.26. The number of nitrogens with zero attached hydrogens (tertiary/aromatic N) is 4. The van der Waals surface area contributed by atoms with Gasteiger partial charge in [-0.1, -0.05) is 50.6 Å². The van der Waals surface area contributed by atoms with Crippen molar-refractivity contribution in [1.29, 1.82) is 0 Å². The lowest BCUT2D eigenvalue weighted by molar-refractivity contribution is -0.120. The Bertz CT molecular complexity index is 732. The predicted molar refractivity (Wildman–Crippen MR) is 98.7 cm³/mol. The Morgan fingerprint density at radius 1 is 1.36 bits per heavy atom. The van der Waals surface area contributed by atoms with Crippen LogP contribution >= 0.6 is 11.8 Å². The summed E-state index contributed by atoms with van der Waals surface area (Å²) in [7, 11) is 0. The first-order chi connectivity index (χ1) is 12.0. The molecule has 1 saturated carbocycles. The normalized spacial score (nSPS) is 23.4. The van der Waals surface area contributed by atoms with Crippen LogP contribution in [0.4, 0.5) is 0 Å². The zero-order valence-corrected chi connectivity index (χ0v) is 15.8. The Balaban J connectivity index is 1.59. The topological polar surface area (TPSA) is 72.7 Å². The van der Waals surface area contributed by atoms with Crippen molar-refractivity contribution in [3.8, 4) is 5.69 Å². The van der Waals surface area contributed by atoms with E-state index in [9.17, 15) is 4.79 Å². The zero-order chi connectivity index (χ0) is 17.8. The van der Waals surface area contributed by atoms with Gasteiger partial charge < -0.3 is 5.32 Å². The van der Waals surface area contributed by atoms with Crippen LogP contribution in [-0.2, 0) is 4.79 Å². The minimum Gasteiger partial charge on any atom is -0.352 e. The number of rotatable bonds is 5. The second-order valence-electron chi connectivity index (χ2n) is 6.94. The van der Waals surface area contributed by atoms with Crippen LogP contribution in [0.3, 0.4) is 0 Å². The molecule has 25 heavy (non-hydrogen) atoms. The second kappa shape index (κ2) is 7.99. The van der Waals surface area contributed by atoms with Gasteiger partial charge in [-0.15, -0.1) is 5.10 Å². The third-order valence-electron chi connectivity index (χ3n) is 5.07. The average molecular weight is 359 g/mol. The van der Waals surface area contributed by atoms with E-state index >= 15 is 0 Å². The van der Waals surface area contributed by atoms with Gasteiger partial charge in [0.05, 0.1) is 11.4 Å². The highest BCUT2D eigenvalue weighted by Crippen LogP contribution is 2.29. The molecule has 0 saturated heterocycles. The van der Waals surface area contributed by atoms with Gasteiger partial charge in [0.15, 0.2) is 0 Å². The van der Waals surface area contributed by atoms with Crippen LogP contribution in [0.5, 0.6) is 0 Å². The Hall–Kier alpha value is -1.89. The van der Waals surface area contributed by atoms with Crippen molar-refractivity contribution in [2.75, 3.05) is 5.75 Å². The molecule has 6 nitrogen and oxygen atoms in total. The molecule has 0 radical (unpaired) electrons. The maximum absolute atomic E-state index is 12.4. The van der Waals surface area contributed by atoms with Gasteiger partial charge in [-0.2, -0.15) is 4.68 Å². The molecular formula is C18H25N5OS. The molecule has 1 N–H and O–H groups in total. The van der Waals surface area contributed by atoms with Gasteiger partial charge in [-0.25, -0.2) is 0 Å². The minimum atomic E-state index is 0.0507. The van der Waals surface area contributed by atoms with Crippen LogP contribution in [0.2, 0.25) is 0 Å². The first-order valence-corrected chi connectivity index (χ1v) is 9.80. The third kappa shape index (κ3) is 4.39. The van der Waals surface area contributed by atoms with Crippen LogP contribution in [0.1, 0.15) is 38.7 Å². The summed E-state index contributed by atoms with van der Waals surface area (Å²) in [5, 5.41) is 15.7. The maximum atomic E-state index is 12.4. The van der Waals surface area contributed by atoms with E-state index in [1.54, 1.807) is 4.68 Å². The van der Waals surface area contributed by atoms with Crippen molar-refractivity contribution < 1.29 is 4.79 Å². The lowest BCUT2D eigenvalue weighted by atomic mass is 9.78. The molecule has 1 amide bonds. The molecule has 1 aliphatic rings. The molecule has 134 valence electrons. The van der Waals surface area contributed by atoms with Crippen LogP contribution < -0.4 is 5.32 Å². The molecule has 7 heteroatoms. The van der Waals surface area contributed by atoms with Gasteiger partial charge in [0.25, 0.3) is 0 Å². The highest BCUT2D eigenvalue weighted by atomic mass is 32.2. The van der Waals surface area contributed by atoms with Crippen LogP contribution in [0.15, 0.2) is 29.4 Å². The molecule has 3 atom stereocenters. The van der Waals surface area contributed by atoms with E-state index in [2.05, 4.69) is 34.7 Å². The van der Waals surface area contributed by atoms with Gasteiger partial charge in [0.2, 0.25) is 11.1 Å². The monoisotopic (exact) mass is 359 g/mol. The first-order valence-electron chi connectivity index (χ1n) is 8.82. The van der Waals surface area contributed by atoms with Crippen molar-refractivity contribution in [2.24, 2.45) is 11.8 Å². The molecular weight excluding hydrogens is 334 g/mol. The molecule has 1 aliphatic carbocycles. The maximum Gasteiger partial charge on any atom is 0.230 e. The largest absolute Gasteiger partial charge is 0.352 e. The number of amides is 1. The SMILES string of the molecule is Cc1cccc(-n2nnnc2SCC(=O)N[C@@H]2CCC[C@H](C)[C@@H]2C)c1. The number of nitrogens with one attached hydrogen (secondary N) is 1. The Labute approximate surface area is 152 Å².